The van der Waals surface area contributed by atoms with E-state index in [-0.39, 0.29) is 58.3 Å². The van der Waals surface area contributed by atoms with Crippen LogP contribution in [-0.2, 0) is 57.5 Å². The molecule has 32 heteroatoms. The van der Waals surface area contributed by atoms with Crippen LogP contribution in [-0.4, -0.2) is 180 Å². The summed E-state index contributed by atoms with van der Waals surface area (Å²) in [5.74, 6) is -13.7. The Balaban J connectivity index is 6.52. The summed E-state index contributed by atoms with van der Waals surface area (Å²) in [6.45, 7) is 4.93. The van der Waals surface area contributed by atoms with Crippen molar-refractivity contribution in [3.05, 3.63) is 0 Å². The molecule has 27 N–H and O–H groups in total. The van der Waals surface area contributed by atoms with Crippen LogP contribution in [0.1, 0.15) is 85.5 Å². The molecule has 0 aromatic carbocycles. The van der Waals surface area contributed by atoms with Crippen LogP contribution >= 0.6 is 0 Å². The van der Waals surface area contributed by atoms with Crippen molar-refractivity contribution in [2.45, 2.75) is 146 Å². The van der Waals surface area contributed by atoms with Gasteiger partial charge in [0, 0.05) is 6.54 Å². The summed E-state index contributed by atoms with van der Waals surface area (Å²) in [6, 6.07) is -13.6. The van der Waals surface area contributed by atoms with Crippen LogP contribution in [0.15, 0.2) is 0 Å². The first-order chi connectivity index (χ1) is 34.6. The summed E-state index contributed by atoms with van der Waals surface area (Å²) < 4.78 is 0. The van der Waals surface area contributed by atoms with Crippen LogP contribution in [0, 0.1) is 11.3 Å². The van der Waals surface area contributed by atoms with Crippen molar-refractivity contribution in [2.24, 2.45) is 46.1 Å². The first-order valence-corrected chi connectivity index (χ1v) is 23.7. The fraction of sp³-hybridized carbons (Fsp3) is 0.690. The van der Waals surface area contributed by atoms with Gasteiger partial charge in [-0.2, -0.15) is 0 Å². The molecule has 0 radical (unpaired) electrons. The molecule has 0 spiro atoms. The number of primary amides is 2. The molecule has 0 aliphatic heterocycles. The first-order valence-electron chi connectivity index (χ1n) is 23.7. The van der Waals surface area contributed by atoms with Crippen LogP contribution in [0.5, 0.6) is 0 Å². The molecule has 10 atom stereocenters. The highest BCUT2D eigenvalue weighted by Gasteiger charge is 2.36. The number of carboxylic acids is 1. The minimum absolute atomic E-state index is 0.00844. The maximum absolute atomic E-state index is 13.9. The van der Waals surface area contributed by atoms with Gasteiger partial charge in [0.2, 0.25) is 65.0 Å². The normalized spacial score (nSPS) is 15.0. The van der Waals surface area contributed by atoms with Gasteiger partial charge in [0.1, 0.15) is 54.9 Å². The van der Waals surface area contributed by atoms with E-state index < -0.39 is 163 Å². The monoisotopic (exact) mass is 1060 g/mol. The van der Waals surface area contributed by atoms with Crippen LogP contribution in [0.25, 0.3) is 0 Å². The van der Waals surface area contributed by atoms with Gasteiger partial charge >= 0.3 is 5.97 Å². The summed E-state index contributed by atoms with van der Waals surface area (Å²) in [6.07, 6.45) is -3.13. The van der Waals surface area contributed by atoms with Crippen molar-refractivity contribution in [2.75, 3.05) is 32.7 Å². The van der Waals surface area contributed by atoms with E-state index in [1.807, 2.05) is 0 Å². The maximum atomic E-state index is 13.9. The summed E-state index contributed by atoms with van der Waals surface area (Å²) in [4.78, 5) is 156. The van der Waals surface area contributed by atoms with E-state index in [1.165, 1.54) is 6.92 Å². The standard InChI is InChI=1S/C42H78N18O14/c1-19(2)31(59-34(67)22(46)10-13-44)40(73)53-20(3)33(66)54-24(9-7-15-51-42(49)50)36(69)57-27(17-29(48)63)39(72)58-26(16-28(47)62)38(71)55-25(11-14-45)37(70)60-32(21(4)61)41(74)56-23(8-5-6-12-43)35(68)52-18-30(64)65/h19-27,31-32,61H,5-18,43-46H2,1-4H3,(H2,47,62)(H2,48,63)(H,52,68)(H,53,73)(H,54,66)(H,55,71)(H,56,74)(H,57,69)(H,58,72)(H,59,67)(H,60,70)(H,64,65)(H4,49,50,51)/t20-,21+,22-,23-,24-,25-,26-,27-,31-,32-/m0/s1. The molecule has 0 bridgehead atoms. The quantitative estimate of drug-likeness (QED) is 0.0156. The number of carbonyl (C=O) groups excluding carboxylic acids is 11. The van der Waals surface area contributed by atoms with Gasteiger partial charge in [-0.25, -0.2) is 0 Å². The third-order valence-electron chi connectivity index (χ3n) is 10.7. The van der Waals surface area contributed by atoms with Gasteiger partial charge < -0.3 is 104 Å². The number of hydrogen-bond acceptors (Lipinski definition) is 18. The molecule has 0 aliphatic rings. The lowest BCUT2D eigenvalue weighted by atomic mass is 10.0. The van der Waals surface area contributed by atoms with Gasteiger partial charge in [0.15, 0.2) is 5.96 Å². The van der Waals surface area contributed by atoms with E-state index in [0.29, 0.717) is 12.8 Å². The Morgan fingerprint density at radius 3 is 1.38 bits per heavy atom. The Labute approximate surface area is 427 Å². The first kappa shape index (κ1) is 66.7. The molecule has 0 aromatic rings. The number of aliphatic hydroxyl groups is 1. The lowest BCUT2D eigenvalue weighted by Crippen LogP contribution is -2.62. The molecule has 420 valence electrons. The molecule has 0 aliphatic carbocycles. The largest absolute Gasteiger partial charge is 0.480 e. The predicted molar refractivity (Wildman–Crippen MR) is 263 cm³/mol. The third kappa shape index (κ3) is 26.4. The number of carbonyl (C=O) groups is 12. The van der Waals surface area contributed by atoms with Crippen molar-refractivity contribution in [3.63, 3.8) is 0 Å². The molecule has 74 heavy (non-hydrogen) atoms. The third-order valence-corrected chi connectivity index (χ3v) is 10.7. The molecule has 0 aromatic heterocycles. The van der Waals surface area contributed by atoms with E-state index in [9.17, 15) is 62.6 Å². The molecular weight excluding hydrogens is 981 g/mol. The van der Waals surface area contributed by atoms with Gasteiger partial charge in [0.05, 0.1) is 25.0 Å². The topological polar surface area (TPSA) is 572 Å². The molecule has 11 amide bonds. The van der Waals surface area contributed by atoms with Gasteiger partial charge in [-0.1, -0.05) is 13.8 Å². The number of carboxylic acid groups (broad SMARTS) is 1. The molecule has 0 rings (SSSR count). The second kappa shape index (κ2) is 35.0. The molecule has 0 saturated heterocycles. The zero-order valence-electron chi connectivity index (χ0n) is 42.1. The Kier molecular flexibility index (Phi) is 31.5. The van der Waals surface area contributed by atoms with Crippen LogP contribution in [0.3, 0.4) is 0 Å². The lowest BCUT2D eigenvalue weighted by molar-refractivity contribution is -0.139. The minimum atomic E-state index is -1.93. The van der Waals surface area contributed by atoms with Crippen LogP contribution in [0.2, 0.25) is 0 Å². The zero-order valence-corrected chi connectivity index (χ0v) is 42.1. The van der Waals surface area contributed by atoms with Crippen molar-refractivity contribution < 1.29 is 67.7 Å². The Morgan fingerprint density at radius 1 is 0.473 bits per heavy atom. The second-order valence-electron chi connectivity index (χ2n) is 17.5. The Morgan fingerprint density at radius 2 is 0.905 bits per heavy atom. The average Bonchev–Trinajstić information content (AvgIpc) is 3.30. The molecule has 0 saturated carbocycles. The Bertz CT molecular complexity index is 1960. The maximum Gasteiger partial charge on any atom is 0.322 e. The van der Waals surface area contributed by atoms with Crippen LogP contribution < -0.4 is 93.3 Å². The highest BCUT2D eigenvalue weighted by molar-refractivity contribution is 6.00. The van der Waals surface area contributed by atoms with E-state index in [2.05, 4.69) is 53.2 Å². The fourth-order valence-corrected chi connectivity index (χ4v) is 6.61. The lowest BCUT2D eigenvalue weighted by Gasteiger charge is -2.28. The number of amides is 11. The number of aliphatic carboxylic acids is 1. The summed E-state index contributed by atoms with van der Waals surface area (Å²) in [7, 11) is 0. The molecule has 0 unspecified atom stereocenters. The van der Waals surface area contributed by atoms with Crippen molar-refractivity contribution in [1.29, 1.82) is 5.41 Å². The second-order valence-corrected chi connectivity index (χ2v) is 17.5. The smallest absolute Gasteiger partial charge is 0.322 e. The molecule has 32 nitrogen and oxygen atoms in total. The Hall–Kier alpha value is -7.29. The molecule has 0 fully saturated rings. The van der Waals surface area contributed by atoms with Gasteiger partial charge in [-0.3, -0.25) is 62.9 Å². The van der Waals surface area contributed by atoms with Crippen molar-refractivity contribution in [3.8, 4) is 0 Å². The van der Waals surface area contributed by atoms with Crippen molar-refractivity contribution >= 4 is 76.9 Å². The number of rotatable bonds is 37. The zero-order chi connectivity index (χ0) is 56.8. The van der Waals surface area contributed by atoms with Crippen molar-refractivity contribution in [1.82, 2.24) is 53.2 Å². The number of unbranched alkanes of at least 4 members (excludes halogenated alkanes) is 1. The number of nitrogens with two attached hydrogens (primary N) is 7. The van der Waals surface area contributed by atoms with E-state index in [1.54, 1.807) is 13.8 Å². The number of hydrogen-bond donors (Lipinski definition) is 20. The van der Waals surface area contributed by atoms with E-state index in [4.69, 9.17) is 50.7 Å². The van der Waals surface area contributed by atoms with Crippen LogP contribution in [0.4, 0.5) is 0 Å². The SMILES string of the molecule is CC(C)[C@H](NC(=O)[C@@H](N)CCN)C(=O)N[C@@H](C)C(=O)N[C@@H](CCCNC(=N)N)C(=O)N[C@@H](CC(N)=O)C(=O)N[C@@H](CC(N)=O)C(=O)N[C@@H](CCN)C(=O)N[C@H](C(=O)N[C@@H](CCCCN)C(=O)NCC(=O)O)[C@@H](C)O. The summed E-state index contributed by atoms with van der Waals surface area (Å²) in [5.41, 5.74) is 38.7. The predicted octanol–water partition coefficient (Wildman–Crippen LogP) is -9.71. The highest BCUT2D eigenvalue weighted by atomic mass is 16.4. The average molecular weight is 1060 g/mol. The summed E-state index contributed by atoms with van der Waals surface area (Å²) in [5, 5.41) is 50.3. The fourth-order valence-electron chi connectivity index (χ4n) is 6.61. The van der Waals surface area contributed by atoms with Gasteiger partial charge in [-0.15, -0.1) is 0 Å². The van der Waals surface area contributed by atoms with E-state index >= 15 is 0 Å². The highest BCUT2D eigenvalue weighted by Crippen LogP contribution is 2.08. The van der Waals surface area contributed by atoms with E-state index in [0.717, 1.165) is 6.92 Å². The molecule has 0 heterocycles. The number of guanidine groups is 1. The number of aliphatic hydroxyl groups excluding tert-OH is 1. The van der Waals surface area contributed by atoms with Gasteiger partial charge in [0.25, 0.3) is 0 Å². The number of nitrogens with one attached hydrogen (secondary N) is 11. The summed E-state index contributed by atoms with van der Waals surface area (Å²) >= 11 is 0. The molecular formula is C42H78N18O14. The minimum Gasteiger partial charge on any atom is -0.480 e. The van der Waals surface area contributed by atoms with Gasteiger partial charge in [-0.05, 0) is 84.3 Å².